The Hall–Kier alpha value is -1.16. The molecular formula is C13H13BrO3. The fourth-order valence-electron chi connectivity index (χ4n) is 1.97. The first-order chi connectivity index (χ1) is 7.87. The summed E-state index contributed by atoms with van der Waals surface area (Å²) in [6.07, 6.45) is 0.289. The molecule has 0 spiro atoms. The molecule has 0 atom stereocenters. The van der Waals surface area contributed by atoms with E-state index in [1.807, 2.05) is 0 Å². The predicted octanol–water partition coefficient (Wildman–Crippen LogP) is 2.79. The van der Waals surface area contributed by atoms with E-state index in [1.165, 1.54) is 0 Å². The first-order valence-electron chi connectivity index (χ1n) is 5.32. The van der Waals surface area contributed by atoms with Gasteiger partial charge in [-0.15, -0.1) is 0 Å². The zero-order valence-corrected chi connectivity index (χ0v) is 11.6. The van der Waals surface area contributed by atoms with E-state index in [0.717, 1.165) is 10.0 Å². The quantitative estimate of drug-likeness (QED) is 0.749. The van der Waals surface area contributed by atoms with Gasteiger partial charge in [0.05, 0.1) is 17.0 Å². The summed E-state index contributed by atoms with van der Waals surface area (Å²) in [5, 5.41) is 0. The van der Waals surface area contributed by atoms with Gasteiger partial charge in [-0.05, 0) is 47.5 Å². The minimum absolute atomic E-state index is 0.0422. The van der Waals surface area contributed by atoms with Crippen molar-refractivity contribution in [2.75, 3.05) is 7.11 Å². The van der Waals surface area contributed by atoms with Gasteiger partial charge in [0.15, 0.2) is 11.6 Å². The van der Waals surface area contributed by atoms with Crippen molar-refractivity contribution < 1.29 is 14.3 Å². The first-order valence-corrected chi connectivity index (χ1v) is 6.11. The van der Waals surface area contributed by atoms with Crippen LogP contribution in [-0.4, -0.2) is 18.7 Å². The van der Waals surface area contributed by atoms with Gasteiger partial charge in [0.25, 0.3) is 0 Å². The molecule has 1 aliphatic rings. The molecule has 0 saturated heterocycles. The summed E-state index contributed by atoms with van der Waals surface area (Å²) in [5.74, 6) is 0.482. The lowest BCUT2D eigenvalue weighted by atomic mass is 9.72. The molecule has 0 saturated carbocycles. The number of fused-ring (bicyclic) bond motifs is 1. The maximum atomic E-state index is 12.2. The number of carbonyl (C=O) groups excluding carboxylic acids is 2. The molecule has 3 nitrogen and oxygen atoms in total. The van der Waals surface area contributed by atoms with Crippen molar-refractivity contribution in [3.8, 4) is 5.75 Å². The number of ether oxygens (including phenoxy) is 1. The summed E-state index contributed by atoms with van der Waals surface area (Å²) in [6, 6.07) is 3.50. The number of methoxy groups -OCH3 is 1. The van der Waals surface area contributed by atoms with Crippen LogP contribution in [0.5, 0.6) is 5.75 Å². The number of hydrogen-bond donors (Lipinski definition) is 0. The standard InChI is InChI=1S/C13H13BrO3/c1-13(2)11(15)5-7-4-10(17-3)9(14)6-8(7)12(13)16/h4,6H,5H2,1-3H3. The molecule has 0 aromatic heterocycles. The van der Waals surface area contributed by atoms with Gasteiger partial charge in [0.1, 0.15) is 5.75 Å². The second kappa shape index (κ2) is 3.95. The lowest BCUT2D eigenvalue weighted by Crippen LogP contribution is -2.39. The Morgan fingerprint density at radius 3 is 2.53 bits per heavy atom. The first kappa shape index (κ1) is 12.3. The number of Topliss-reactive ketones (excluding diaryl/α,β-unsaturated/α-hetero) is 2. The third-order valence-corrected chi connectivity index (χ3v) is 3.86. The predicted molar refractivity (Wildman–Crippen MR) is 67.5 cm³/mol. The van der Waals surface area contributed by atoms with Gasteiger partial charge >= 0.3 is 0 Å². The molecule has 1 aromatic carbocycles. The van der Waals surface area contributed by atoms with Crippen molar-refractivity contribution in [2.45, 2.75) is 20.3 Å². The fourth-order valence-corrected chi connectivity index (χ4v) is 2.47. The van der Waals surface area contributed by atoms with Crippen LogP contribution >= 0.6 is 15.9 Å². The van der Waals surface area contributed by atoms with Crippen LogP contribution in [0.1, 0.15) is 29.8 Å². The molecule has 0 unspecified atom stereocenters. The molecule has 2 rings (SSSR count). The van der Waals surface area contributed by atoms with Gasteiger partial charge in [-0.3, -0.25) is 9.59 Å². The highest BCUT2D eigenvalue weighted by Crippen LogP contribution is 2.37. The molecule has 0 N–H and O–H groups in total. The van der Waals surface area contributed by atoms with Crippen LogP contribution in [-0.2, 0) is 11.2 Å². The van der Waals surface area contributed by atoms with Gasteiger partial charge in [-0.2, -0.15) is 0 Å². The Balaban J connectivity index is 2.62. The third-order valence-electron chi connectivity index (χ3n) is 3.24. The highest BCUT2D eigenvalue weighted by molar-refractivity contribution is 9.10. The van der Waals surface area contributed by atoms with Crippen molar-refractivity contribution in [3.05, 3.63) is 27.7 Å². The minimum atomic E-state index is -0.916. The molecule has 0 amide bonds. The molecule has 4 heteroatoms. The van der Waals surface area contributed by atoms with Crippen LogP contribution in [0.25, 0.3) is 0 Å². The number of ketones is 2. The van der Waals surface area contributed by atoms with Crippen molar-refractivity contribution >= 4 is 27.5 Å². The van der Waals surface area contributed by atoms with Crippen molar-refractivity contribution in [1.29, 1.82) is 0 Å². The van der Waals surface area contributed by atoms with Gasteiger partial charge < -0.3 is 4.74 Å². The molecular weight excluding hydrogens is 284 g/mol. The second-order valence-electron chi connectivity index (χ2n) is 4.70. The highest BCUT2D eigenvalue weighted by atomic mass is 79.9. The Morgan fingerprint density at radius 1 is 1.29 bits per heavy atom. The Kier molecular flexibility index (Phi) is 2.86. The topological polar surface area (TPSA) is 43.4 Å². The molecule has 17 heavy (non-hydrogen) atoms. The molecule has 0 heterocycles. The van der Waals surface area contributed by atoms with Crippen molar-refractivity contribution in [3.63, 3.8) is 0 Å². The van der Waals surface area contributed by atoms with Crippen LogP contribution in [0.4, 0.5) is 0 Å². The zero-order chi connectivity index (χ0) is 12.8. The average molecular weight is 297 g/mol. The summed E-state index contributed by atoms with van der Waals surface area (Å²) >= 11 is 3.35. The van der Waals surface area contributed by atoms with E-state index in [1.54, 1.807) is 33.1 Å². The molecule has 1 aromatic rings. The van der Waals surface area contributed by atoms with E-state index in [0.29, 0.717) is 11.3 Å². The summed E-state index contributed by atoms with van der Waals surface area (Å²) in [7, 11) is 1.56. The van der Waals surface area contributed by atoms with E-state index in [4.69, 9.17) is 4.74 Å². The number of halogens is 1. The lowest BCUT2D eigenvalue weighted by Gasteiger charge is -2.28. The largest absolute Gasteiger partial charge is 0.496 e. The Labute approximate surface area is 108 Å². The van der Waals surface area contributed by atoms with Crippen molar-refractivity contribution in [1.82, 2.24) is 0 Å². The van der Waals surface area contributed by atoms with Crippen LogP contribution in [0.15, 0.2) is 16.6 Å². The smallest absolute Gasteiger partial charge is 0.176 e. The monoisotopic (exact) mass is 296 g/mol. The van der Waals surface area contributed by atoms with E-state index in [-0.39, 0.29) is 18.0 Å². The normalized spacial score (nSPS) is 17.9. The summed E-state index contributed by atoms with van der Waals surface area (Å²) < 4.78 is 5.90. The number of carbonyl (C=O) groups is 2. The lowest BCUT2D eigenvalue weighted by molar-refractivity contribution is -0.124. The number of hydrogen-bond acceptors (Lipinski definition) is 3. The third kappa shape index (κ3) is 1.80. The van der Waals surface area contributed by atoms with Gasteiger partial charge in [0, 0.05) is 12.0 Å². The van der Waals surface area contributed by atoms with E-state index >= 15 is 0 Å². The summed E-state index contributed by atoms with van der Waals surface area (Å²) in [5.41, 5.74) is 0.447. The van der Waals surface area contributed by atoms with Crippen LogP contribution in [0.3, 0.4) is 0 Å². The minimum Gasteiger partial charge on any atom is -0.496 e. The van der Waals surface area contributed by atoms with E-state index in [9.17, 15) is 9.59 Å². The Morgan fingerprint density at radius 2 is 1.94 bits per heavy atom. The van der Waals surface area contributed by atoms with Crippen LogP contribution in [0.2, 0.25) is 0 Å². The van der Waals surface area contributed by atoms with Gasteiger partial charge in [-0.25, -0.2) is 0 Å². The van der Waals surface area contributed by atoms with Crippen LogP contribution < -0.4 is 4.74 Å². The second-order valence-corrected chi connectivity index (χ2v) is 5.55. The Bertz CT molecular complexity index is 518. The summed E-state index contributed by atoms with van der Waals surface area (Å²) in [4.78, 5) is 24.1. The number of rotatable bonds is 1. The zero-order valence-electron chi connectivity index (χ0n) is 9.96. The van der Waals surface area contributed by atoms with Gasteiger partial charge in [0.2, 0.25) is 0 Å². The number of benzene rings is 1. The molecule has 1 aliphatic carbocycles. The average Bonchev–Trinajstić information content (AvgIpc) is 2.28. The fraction of sp³-hybridized carbons (Fsp3) is 0.385. The molecule has 0 radical (unpaired) electrons. The van der Waals surface area contributed by atoms with Gasteiger partial charge in [-0.1, -0.05) is 0 Å². The van der Waals surface area contributed by atoms with Crippen LogP contribution in [0, 0.1) is 5.41 Å². The molecule has 0 aliphatic heterocycles. The molecule has 0 bridgehead atoms. The summed E-state index contributed by atoms with van der Waals surface area (Å²) in [6.45, 7) is 3.36. The maximum absolute atomic E-state index is 12.2. The SMILES string of the molecule is COc1cc2c(cc1Br)C(=O)C(C)(C)C(=O)C2. The molecule has 90 valence electrons. The van der Waals surface area contributed by atoms with Crippen molar-refractivity contribution in [2.24, 2.45) is 5.41 Å². The molecule has 0 fully saturated rings. The van der Waals surface area contributed by atoms with E-state index < -0.39 is 5.41 Å². The van der Waals surface area contributed by atoms with E-state index in [2.05, 4.69) is 15.9 Å². The highest BCUT2D eigenvalue weighted by Gasteiger charge is 2.41. The maximum Gasteiger partial charge on any atom is 0.176 e.